The van der Waals surface area contributed by atoms with E-state index in [-0.39, 0.29) is 0 Å². The molecule has 3 rings (SSSR count). The Morgan fingerprint density at radius 1 is 1.14 bits per heavy atom. The van der Waals surface area contributed by atoms with Gasteiger partial charge in [0.1, 0.15) is 5.65 Å². The molecule has 0 unspecified atom stereocenters. The van der Waals surface area contributed by atoms with Crippen molar-refractivity contribution in [2.45, 2.75) is 13.5 Å². The Balaban J connectivity index is 2.27. The van der Waals surface area contributed by atoms with Gasteiger partial charge in [-0.2, -0.15) is 0 Å². The lowest BCUT2D eigenvalue weighted by Gasteiger charge is -2.12. The Hall–Kier alpha value is -1.55. The molecule has 0 N–H and O–H groups in total. The fraction of sp³-hybridized carbons (Fsp3) is 0.235. The molecule has 0 bridgehead atoms. The average molecular weight is 334 g/mol. The molecule has 5 heteroatoms. The second kappa shape index (κ2) is 5.92. The van der Waals surface area contributed by atoms with Gasteiger partial charge in [-0.3, -0.25) is 0 Å². The molecule has 114 valence electrons. The normalized spacial score (nSPS) is 11.5. The highest BCUT2D eigenvalue weighted by atomic mass is 35.5. The Kier molecular flexibility index (Phi) is 4.13. The minimum absolute atomic E-state index is 0.618. The van der Waals surface area contributed by atoms with E-state index in [0.29, 0.717) is 10.0 Å². The number of rotatable bonds is 3. The van der Waals surface area contributed by atoms with E-state index in [0.717, 1.165) is 29.1 Å². The van der Waals surface area contributed by atoms with Crippen LogP contribution in [0.25, 0.3) is 16.9 Å². The molecule has 0 saturated carbocycles. The van der Waals surface area contributed by atoms with E-state index < -0.39 is 0 Å². The number of hydrogen-bond donors (Lipinski definition) is 0. The summed E-state index contributed by atoms with van der Waals surface area (Å²) < 4.78 is 2.12. The van der Waals surface area contributed by atoms with Crippen LogP contribution in [0.2, 0.25) is 10.0 Å². The van der Waals surface area contributed by atoms with Crippen LogP contribution in [-0.4, -0.2) is 28.4 Å². The molecule has 3 nitrogen and oxygen atoms in total. The lowest BCUT2D eigenvalue weighted by atomic mass is 10.1. The first kappa shape index (κ1) is 15.3. The number of nitrogens with zero attached hydrogens (tertiary/aromatic N) is 3. The third-order valence-electron chi connectivity index (χ3n) is 3.53. The first-order valence-corrected chi connectivity index (χ1v) is 7.79. The van der Waals surface area contributed by atoms with Crippen LogP contribution in [0, 0.1) is 6.92 Å². The molecule has 22 heavy (non-hydrogen) atoms. The maximum absolute atomic E-state index is 6.38. The highest BCUT2D eigenvalue weighted by Gasteiger charge is 2.17. The maximum Gasteiger partial charge on any atom is 0.137 e. The first-order chi connectivity index (χ1) is 10.5. The molecule has 1 aromatic carbocycles. The van der Waals surface area contributed by atoms with Gasteiger partial charge in [0.25, 0.3) is 0 Å². The number of imidazole rings is 1. The van der Waals surface area contributed by atoms with Gasteiger partial charge in [-0.15, -0.1) is 0 Å². The number of fused-ring (bicyclic) bond motifs is 1. The van der Waals surface area contributed by atoms with Crippen molar-refractivity contribution in [3.63, 3.8) is 0 Å². The fourth-order valence-corrected chi connectivity index (χ4v) is 3.04. The second-order valence-corrected chi connectivity index (χ2v) is 6.54. The van der Waals surface area contributed by atoms with Crippen molar-refractivity contribution in [2.75, 3.05) is 14.1 Å². The minimum Gasteiger partial charge on any atom is -0.304 e. The lowest BCUT2D eigenvalue weighted by molar-refractivity contribution is 0.396. The Morgan fingerprint density at radius 2 is 1.91 bits per heavy atom. The van der Waals surface area contributed by atoms with Crippen molar-refractivity contribution < 1.29 is 0 Å². The van der Waals surface area contributed by atoms with E-state index in [9.17, 15) is 0 Å². The molecular formula is C17H17Cl2N3. The number of aryl methyl sites for hydroxylation is 1. The van der Waals surface area contributed by atoms with Gasteiger partial charge in [-0.1, -0.05) is 23.2 Å². The molecule has 0 saturated heterocycles. The molecule has 0 atom stereocenters. The van der Waals surface area contributed by atoms with Gasteiger partial charge in [0.05, 0.1) is 16.4 Å². The average Bonchev–Trinajstić information content (AvgIpc) is 2.76. The number of pyridine rings is 1. The first-order valence-electron chi connectivity index (χ1n) is 7.03. The number of hydrogen-bond acceptors (Lipinski definition) is 2. The highest BCUT2D eigenvalue weighted by molar-refractivity contribution is 6.36. The molecule has 3 aromatic rings. The zero-order valence-corrected chi connectivity index (χ0v) is 14.3. The summed E-state index contributed by atoms with van der Waals surface area (Å²) in [5.41, 5.74) is 5.04. The standard InChI is InChI=1S/C17H17Cl2N3/c1-11-6-7-22-15(10-21(2)3)17(20-16(22)8-11)13-5-4-12(18)9-14(13)19/h4-9H,10H2,1-3H3. The van der Waals surface area contributed by atoms with Gasteiger partial charge in [-0.25, -0.2) is 4.98 Å². The highest BCUT2D eigenvalue weighted by Crippen LogP contribution is 2.33. The van der Waals surface area contributed by atoms with Crippen LogP contribution in [-0.2, 0) is 6.54 Å². The van der Waals surface area contributed by atoms with Gasteiger partial charge in [0, 0.05) is 23.3 Å². The van der Waals surface area contributed by atoms with E-state index >= 15 is 0 Å². The zero-order chi connectivity index (χ0) is 15.9. The van der Waals surface area contributed by atoms with Crippen molar-refractivity contribution in [1.82, 2.24) is 14.3 Å². The summed E-state index contributed by atoms with van der Waals surface area (Å²) in [4.78, 5) is 6.92. The zero-order valence-electron chi connectivity index (χ0n) is 12.8. The summed E-state index contributed by atoms with van der Waals surface area (Å²) >= 11 is 12.4. The SMILES string of the molecule is Cc1ccn2c(CN(C)C)c(-c3ccc(Cl)cc3Cl)nc2c1. The molecule has 0 radical (unpaired) electrons. The van der Waals surface area contributed by atoms with Crippen molar-refractivity contribution in [1.29, 1.82) is 0 Å². The quantitative estimate of drug-likeness (QED) is 0.693. The van der Waals surface area contributed by atoms with Gasteiger partial charge in [0.2, 0.25) is 0 Å². The molecular weight excluding hydrogens is 317 g/mol. The molecule has 0 aliphatic heterocycles. The maximum atomic E-state index is 6.38. The molecule has 0 fully saturated rings. The van der Waals surface area contributed by atoms with Crippen LogP contribution in [0.3, 0.4) is 0 Å². The molecule has 0 aliphatic carbocycles. The van der Waals surface area contributed by atoms with Crippen LogP contribution < -0.4 is 0 Å². The van der Waals surface area contributed by atoms with Crippen LogP contribution in [0.4, 0.5) is 0 Å². The number of halogens is 2. The molecule has 0 aliphatic rings. The van der Waals surface area contributed by atoms with E-state index in [1.807, 2.05) is 26.2 Å². The van der Waals surface area contributed by atoms with Crippen molar-refractivity contribution in [2.24, 2.45) is 0 Å². The number of aromatic nitrogens is 2. The van der Waals surface area contributed by atoms with Crippen molar-refractivity contribution in [3.8, 4) is 11.3 Å². The molecule has 0 spiro atoms. The summed E-state index contributed by atoms with van der Waals surface area (Å²) in [6, 6.07) is 9.69. The largest absolute Gasteiger partial charge is 0.304 e. The van der Waals surface area contributed by atoms with E-state index in [4.69, 9.17) is 28.2 Å². The minimum atomic E-state index is 0.618. The third kappa shape index (κ3) is 2.84. The van der Waals surface area contributed by atoms with Crippen LogP contribution >= 0.6 is 23.2 Å². The second-order valence-electron chi connectivity index (χ2n) is 5.70. The van der Waals surface area contributed by atoms with Gasteiger partial charge in [-0.05, 0) is 56.9 Å². The van der Waals surface area contributed by atoms with Crippen molar-refractivity contribution >= 4 is 28.8 Å². The monoisotopic (exact) mass is 333 g/mol. The fourth-order valence-electron chi connectivity index (χ4n) is 2.55. The summed E-state index contributed by atoms with van der Waals surface area (Å²) in [6.07, 6.45) is 2.06. The Labute approximate surface area is 140 Å². The number of benzene rings is 1. The van der Waals surface area contributed by atoms with Gasteiger partial charge >= 0.3 is 0 Å². The summed E-state index contributed by atoms with van der Waals surface area (Å²) in [5.74, 6) is 0. The van der Waals surface area contributed by atoms with Gasteiger partial charge < -0.3 is 9.30 Å². The molecule has 2 aromatic heterocycles. The van der Waals surface area contributed by atoms with Crippen LogP contribution in [0.5, 0.6) is 0 Å². The van der Waals surface area contributed by atoms with Gasteiger partial charge in [0.15, 0.2) is 0 Å². The smallest absolute Gasteiger partial charge is 0.137 e. The molecule has 0 amide bonds. The predicted octanol–water partition coefficient (Wildman–Crippen LogP) is 4.68. The van der Waals surface area contributed by atoms with Crippen LogP contribution in [0.1, 0.15) is 11.3 Å². The van der Waals surface area contributed by atoms with Crippen LogP contribution in [0.15, 0.2) is 36.5 Å². The van der Waals surface area contributed by atoms with E-state index in [1.165, 1.54) is 5.56 Å². The summed E-state index contributed by atoms with van der Waals surface area (Å²) in [7, 11) is 4.08. The third-order valence-corrected chi connectivity index (χ3v) is 4.08. The van der Waals surface area contributed by atoms with E-state index in [1.54, 1.807) is 6.07 Å². The van der Waals surface area contributed by atoms with E-state index in [2.05, 4.69) is 34.6 Å². The summed E-state index contributed by atoms with van der Waals surface area (Å²) in [5, 5.41) is 1.25. The Bertz CT molecular complexity index is 837. The lowest BCUT2D eigenvalue weighted by Crippen LogP contribution is -2.13. The topological polar surface area (TPSA) is 20.5 Å². The van der Waals surface area contributed by atoms with Crippen molar-refractivity contribution in [3.05, 3.63) is 57.8 Å². The Morgan fingerprint density at radius 3 is 2.59 bits per heavy atom. The summed E-state index contributed by atoms with van der Waals surface area (Å²) in [6.45, 7) is 2.84. The molecule has 2 heterocycles. The predicted molar refractivity (Wildman–Crippen MR) is 92.8 cm³/mol.